The van der Waals surface area contributed by atoms with Gasteiger partial charge in [-0.05, 0) is 32.9 Å². The van der Waals surface area contributed by atoms with Crippen molar-refractivity contribution in [1.29, 1.82) is 0 Å². The van der Waals surface area contributed by atoms with Crippen LogP contribution in [0, 0.1) is 0 Å². The molecule has 0 aliphatic heterocycles. The summed E-state index contributed by atoms with van der Waals surface area (Å²) in [4.78, 5) is 25.6. The van der Waals surface area contributed by atoms with E-state index >= 15 is 0 Å². The van der Waals surface area contributed by atoms with Crippen LogP contribution in [0.25, 0.3) is 0 Å². The molecule has 0 heterocycles. The highest BCUT2D eigenvalue weighted by Gasteiger charge is 2.23. The Hall–Kier alpha value is -1.75. The Morgan fingerprint density at radius 3 is 2.50 bits per heavy atom. The molecule has 0 fully saturated rings. The van der Waals surface area contributed by atoms with Crippen LogP contribution in [0.4, 0.5) is 5.69 Å². The average Bonchev–Trinajstić information content (AvgIpc) is 2.42. The number of carbonyl (C=O) groups is 2. The van der Waals surface area contributed by atoms with Gasteiger partial charge in [-0.2, -0.15) is 0 Å². The molecule has 20 heavy (non-hydrogen) atoms. The number of hydrogen-bond donors (Lipinski definition) is 1. The van der Waals surface area contributed by atoms with E-state index in [0.717, 1.165) is 0 Å². The van der Waals surface area contributed by atoms with Gasteiger partial charge in [-0.3, -0.25) is 4.79 Å². The summed E-state index contributed by atoms with van der Waals surface area (Å²) in [5.41, 5.74) is 6.04. The Balaban J connectivity index is 2.80. The number of para-hydroxylation sites is 1. The zero-order chi connectivity index (χ0) is 15.3. The second-order valence-electron chi connectivity index (χ2n) is 4.26. The topological polar surface area (TPSA) is 72.6 Å². The van der Waals surface area contributed by atoms with Crippen LogP contribution in [-0.2, 0) is 9.53 Å². The van der Waals surface area contributed by atoms with Crippen LogP contribution in [0.2, 0.25) is 5.02 Å². The van der Waals surface area contributed by atoms with Gasteiger partial charge >= 0.3 is 5.97 Å². The van der Waals surface area contributed by atoms with Crippen molar-refractivity contribution >= 4 is 29.2 Å². The maximum absolute atomic E-state index is 12.0. The highest BCUT2D eigenvalue weighted by Crippen LogP contribution is 2.23. The van der Waals surface area contributed by atoms with Crippen molar-refractivity contribution in [3.63, 3.8) is 0 Å². The summed E-state index contributed by atoms with van der Waals surface area (Å²) < 4.78 is 5.15. The SMILES string of the molecule is CCN(CC)C(=O)C(C)OC(=O)c1cccc(Cl)c1N. The standard InChI is InChI=1S/C14H19ClN2O3/c1-4-17(5-2)13(18)9(3)20-14(19)10-7-6-8-11(15)12(10)16/h6-9H,4-5,16H2,1-3H3. The molecular formula is C14H19ClN2O3. The second-order valence-corrected chi connectivity index (χ2v) is 4.67. The molecule has 5 nitrogen and oxygen atoms in total. The van der Waals surface area contributed by atoms with Crippen molar-refractivity contribution in [2.45, 2.75) is 26.9 Å². The monoisotopic (exact) mass is 298 g/mol. The van der Waals surface area contributed by atoms with E-state index < -0.39 is 12.1 Å². The Kier molecular flexibility index (Phi) is 5.82. The van der Waals surface area contributed by atoms with E-state index in [4.69, 9.17) is 22.1 Å². The minimum Gasteiger partial charge on any atom is -0.449 e. The van der Waals surface area contributed by atoms with E-state index in [2.05, 4.69) is 0 Å². The van der Waals surface area contributed by atoms with Crippen molar-refractivity contribution in [3.05, 3.63) is 28.8 Å². The molecule has 0 radical (unpaired) electrons. The maximum Gasteiger partial charge on any atom is 0.341 e. The first-order valence-corrected chi connectivity index (χ1v) is 6.83. The molecule has 0 aromatic heterocycles. The third kappa shape index (κ3) is 3.63. The van der Waals surface area contributed by atoms with Crippen molar-refractivity contribution in [1.82, 2.24) is 4.90 Å². The van der Waals surface area contributed by atoms with Crippen molar-refractivity contribution in [2.24, 2.45) is 0 Å². The van der Waals surface area contributed by atoms with Crippen LogP contribution in [0.3, 0.4) is 0 Å². The zero-order valence-corrected chi connectivity index (χ0v) is 12.6. The molecule has 2 N–H and O–H groups in total. The molecular weight excluding hydrogens is 280 g/mol. The van der Waals surface area contributed by atoms with E-state index in [1.807, 2.05) is 13.8 Å². The number of nitrogen functional groups attached to an aromatic ring is 1. The fourth-order valence-corrected chi connectivity index (χ4v) is 1.96. The van der Waals surface area contributed by atoms with Gasteiger partial charge in [0.25, 0.3) is 5.91 Å². The molecule has 0 bridgehead atoms. The highest BCUT2D eigenvalue weighted by molar-refractivity contribution is 6.33. The van der Waals surface area contributed by atoms with Crippen LogP contribution in [0.15, 0.2) is 18.2 Å². The molecule has 0 saturated heterocycles. The number of likely N-dealkylation sites (N-methyl/N-ethyl adjacent to an activating group) is 1. The molecule has 1 amide bonds. The number of carbonyl (C=O) groups excluding carboxylic acids is 2. The molecule has 0 aliphatic carbocycles. The minimum atomic E-state index is -0.860. The number of ether oxygens (including phenoxy) is 1. The number of rotatable bonds is 5. The largest absolute Gasteiger partial charge is 0.449 e. The van der Waals surface area contributed by atoms with Crippen molar-refractivity contribution < 1.29 is 14.3 Å². The number of benzene rings is 1. The maximum atomic E-state index is 12.0. The Labute approximate surface area is 123 Å². The quantitative estimate of drug-likeness (QED) is 0.669. The summed E-state index contributed by atoms with van der Waals surface area (Å²) in [6.45, 7) is 6.40. The lowest BCUT2D eigenvalue weighted by Gasteiger charge is -2.22. The Bertz CT molecular complexity index is 501. The second kappa shape index (κ2) is 7.14. The Morgan fingerprint density at radius 1 is 1.35 bits per heavy atom. The number of hydrogen-bond acceptors (Lipinski definition) is 4. The molecule has 1 aromatic rings. The fourth-order valence-electron chi connectivity index (χ4n) is 1.78. The lowest BCUT2D eigenvalue weighted by Crippen LogP contribution is -2.39. The fraction of sp³-hybridized carbons (Fsp3) is 0.429. The summed E-state index contributed by atoms with van der Waals surface area (Å²) in [7, 11) is 0. The first kappa shape index (κ1) is 16.3. The Morgan fingerprint density at radius 2 is 1.95 bits per heavy atom. The van der Waals surface area contributed by atoms with Crippen LogP contribution in [-0.4, -0.2) is 36.0 Å². The summed E-state index contributed by atoms with van der Waals surface area (Å²) in [5, 5.41) is 0.280. The van der Waals surface area contributed by atoms with Crippen molar-refractivity contribution in [3.8, 4) is 0 Å². The molecule has 110 valence electrons. The van der Waals surface area contributed by atoms with Gasteiger partial charge in [0.05, 0.1) is 16.3 Å². The number of anilines is 1. The lowest BCUT2D eigenvalue weighted by molar-refractivity contribution is -0.139. The normalized spacial score (nSPS) is 11.8. The van der Waals surface area contributed by atoms with Crippen LogP contribution >= 0.6 is 11.6 Å². The lowest BCUT2D eigenvalue weighted by atomic mass is 10.2. The van der Waals surface area contributed by atoms with Gasteiger partial charge in [0, 0.05) is 13.1 Å². The van der Waals surface area contributed by atoms with E-state index in [1.165, 1.54) is 6.07 Å². The number of esters is 1. The zero-order valence-electron chi connectivity index (χ0n) is 11.9. The molecule has 0 saturated carbocycles. The van der Waals surface area contributed by atoms with E-state index in [-0.39, 0.29) is 22.2 Å². The molecule has 1 aromatic carbocycles. The van der Waals surface area contributed by atoms with Gasteiger partial charge in [-0.25, -0.2) is 4.79 Å². The van der Waals surface area contributed by atoms with Gasteiger partial charge in [0.1, 0.15) is 0 Å². The first-order valence-electron chi connectivity index (χ1n) is 6.46. The molecule has 1 atom stereocenters. The van der Waals surface area contributed by atoms with Gasteiger partial charge in [-0.1, -0.05) is 17.7 Å². The average molecular weight is 299 g/mol. The van der Waals surface area contributed by atoms with Gasteiger partial charge in [0.15, 0.2) is 6.10 Å². The van der Waals surface area contributed by atoms with Gasteiger partial charge in [0.2, 0.25) is 0 Å². The third-order valence-corrected chi connectivity index (χ3v) is 3.31. The number of amides is 1. The van der Waals surface area contributed by atoms with Crippen LogP contribution in [0.5, 0.6) is 0 Å². The number of nitrogens with two attached hydrogens (primary N) is 1. The molecule has 0 spiro atoms. The highest BCUT2D eigenvalue weighted by atomic mass is 35.5. The first-order chi connectivity index (χ1) is 9.42. The minimum absolute atomic E-state index is 0.154. The summed E-state index contributed by atoms with van der Waals surface area (Å²) >= 11 is 5.84. The van der Waals surface area contributed by atoms with Gasteiger partial charge in [-0.15, -0.1) is 0 Å². The molecule has 6 heteroatoms. The van der Waals surface area contributed by atoms with Crippen LogP contribution in [0.1, 0.15) is 31.1 Å². The molecule has 1 unspecified atom stereocenters. The molecule has 1 rings (SSSR count). The summed E-state index contributed by atoms with van der Waals surface area (Å²) in [6, 6.07) is 4.70. The number of halogens is 1. The van der Waals surface area contributed by atoms with E-state index in [0.29, 0.717) is 13.1 Å². The van der Waals surface area contributed by atoms with Gasteiger partial charge < -0.3 is 15.4 Å². The van der Waals surface area contributed by atoms with Crippen molar-refractivity contribution in [2.75, 3.05) is 18.8 Å². The molecule has 0 aliphatic rings. The summed E-state index contributed by atoms with van der Waals surface area (Å²) in [6.07, 6.45) is -0.860. The van der Waals surface area contributed by atoms with E-state index in [9.17, 15) is 9.59 Å². The number of nitrogens with zero attached hydrogens (tertiary/aromatic N) is 1. The predicted molar refractivity (Wildman–Crippen MR) is 78.7 cm³/mol. The van der Waals surface area contributed by atoms with Crippen LogP contribution < -0.4 is 5.73 Å². The predicted octanol–water partition coefficient (Wildman–Crippen LogP) is 2.34. The summed E-state index contributed by atoms with van der Waals surface area (Å²) in [5.74, 6) is -0.887. The van der Waals surface area contributed by atoms with E-state index in [1.54, 1.807) is 24.0 Å². The smallest absolute Gasteiger partial charge is 0.341 e. The third-order valence-electron chi connectivity index (χ3n) is 2.98.